The molecule has 8 heteroatoms. The van der Waals surface area contributed by atoms with Crippen molar-refractivity contribution in [3.63, 3.8) is 0 Å². The van der Waals surface area contributed by atoms with Crippen molar-refractivity contribution in [1.29, 1.82) is 0 Å². The molecule has 0 atom stereocenters. The Hall–Kier alpha value is -2.68. The van der Waals surface area contributed by atoms with Crippen molar-refractivity contribution >= 4 is 5.91 Å². The Bertz CT molecular complexity index is 735. The van der Waals surface area contributed by atoms with Crippen molar-refractivity contribution in [2.24, 2.45) is 0 Å². The molecular weight excluding hydrogens is 362 g/mol. The van der Waals surface area contributed by atoms with Crippen molar-refractivity contribution in [2.75, 3.05) is 39.5 Å². The fraction of sp³-hybridized carbons (Fsp3) is 0.400. The highest BCUT2D eigenvalue weighted by Crippen LogP contribution is 2.15. The maximum Gasteiger partial charge on any atom is 0.257 e. The third-order valence-corrected chi connectivity index (χ3v) is 4.05. The second kappa shape index (κ2) is 11.9. The molecule has 2 rings (SSSR count). The van der Waals surface area contributed by atoms with Gasteiger partial charge < -0.3 is 25.5 Å². The third kappa shape index (κ3) is 7.51. The molecule has 0 spiro atoms. The first-order valence-corrected chi connectivity index (χ1v) is 9.25. The number of aliphatic hydroxyl groups excluding tert-OH is 2. The van der Waals surface area contributed by atoms with Crippen LogP contribution in [0.3, 0.4) is 0 Å². The summed E-state index contributed by atoms with van der Waals surface area (Å²) in [6.45, 7) is 2.58. The molecule has 0 saturated carbocycles. The molecular formula is C20H27N3O5. The lowest BCUT2D eigenvalue weighted by Crippen LogP contribution is -2.30. The van der Waals surface area contributed by atoms with Gasteiger partial charge in [0.05, 0.1) is 19.8 Å². The molecule has 8 nitrogen and oxygen atoms in total. The number of benzene rings is 1. The average Bonchev–Trinajstić information content (AvgIpc) is 2.68. The molecule has 1 aromatic carbocycles. The summed E-state index contributed by atoms with van der Waals surface area (Å²) in [5.74, 6) is 0.437. The number of nitrogens with zero attached hydrogens (tertiary/aromatic N) is 2. The largest absolute Gasteiger partial charge is 0.619 e. The molecule has 1 aromatic heterocycles. The number of ether oxygens (including phenoxy) is 1. The van der Waals surface area contributed by atoms with Gasteiger partial charge in [0.15, 0.2) is 12.4 Å². The van der Waals surface area contributed by atoms with Gasteiger partial charge in [0.2, 0.25) is 0 Å². The topological polar surface area (TPSA) is 109 Å². The molecule has 2 aromatic rings. The maximum atomic E-state index is 11.9. The molecule has 1 amide bonds. The highest BCUT2D eigenvalue weighted by Gasteiger charge is 2.08. The van der Waals surface area contributed by atoms with Crippen molar-refractivity contribution in [3.8, 4) is 5.75 Å². The van der Waals surface area contributed by atoms with Gasteiger partial charge in [-0.25, -0.2) is 0 Å². The summed E-state index contributed by atoms with van der Waals surface area (Å²) in [7, 11) is 0. The van der Waals surface area contributed by atoms with E-state index in [-0.39, 0.29) is 19.1 Å². The minimum Gasteiger partial charge on any atom is -0.619 e. The van der Waals surface area contributed by atoms with Gasteiger partial charge in [-0.15, -0.1) is 0 Å². The molecule has 0 saturated heterocycles. The summed E-state index contributed by atoms with van der Waals surface area (Å²) in [5.41, 5.74) is 1.35. The Kier molecular flexibility index (Phi) is 9.20. The van der Waals surface area contributed by atoms with Crippen molar-refractivity contribution in [2.45, 2.75) is 13.0 Å². The Labute approximate surface area is 164 Å². The van der Waals surface area contributed by atoms with Crippen LogP contribution in [0.5, 0.6) is 5.75 Å². The maximum absolute atomic E-state index is 11.9. The van der Waals surface area contributed by atoms with Crippen molar-refractivity contribution in [1.82, 2.24) is 10.2 Å². The number of carbonyl (C=O) groups excluding carboxylic acids is 1. The smallest absolute Gasteiger partial charge is 0.257 e. The zero-order valence-electron chi connectivity index (χ0n) is 15.8. The van der Waals surface area contributed by atoms with Crippen LogP contribution in [0.4, 0.5) is 0 Å². The van der Waals surface area contributed by atoms with Crippen molar-refractivity contribution in [3.05, 3.63) is 65.1 Å². The first-order valence-electron chi connectivity index (χ1n) is 9.25. The Morgan fingerprint density at radius 2 is 1.96 bits per heavy atom. The van der Waals surface area contributed by atoms with E-state index in [4.69, 9.17) is 14.9 Å². The van der Waals surface area contributed by atoms with Gasteiger partial charge >= 0.3 is 0 Å². The van der Waals surface area contributed by atoms with E-state index in [9.17, 15) is 10.0 Å². The number of amides is 1. The number of nitrogens with one attached hydrogen (secondary N) is 1. The molecule has 28 heavy (non-hydrogen) atoms. The zero-order valence-corrected chi connectivity index (χ0v) is 15.8. The molecule has 1 heterocycles. The highest BCUT2D eigenvalue weighted by molar-refractivity contribution is 5.93. The molecule has 0 aliphatic carbocycles. The number of aliphatic hydroxyl groups is 2. The van der Waals surface area contributed by atoms with E-state index in [1.165, 1.54) is 18.5 Å². The minimum atomic E-state index is -0.292. The SMILES string of the molecule is O=C(NCCCOc1cccc(CN(CCO)CCO)c1)c1ccc[n+]([O-])c1. The first kappa shape index (κ1) is 21.6. The van der Waals surface area contributed by atoms with E-state index < -0.39 is 0 Å². The van der Waals surface area contributed by atoms with E-state index in [2.05, 4.69) is 5.32 Å². The highest BCUT2D eigenvalue weighted by atomic mass is 16.5. The molecule has 0 unspecified atom stereocenters. The van der Waals surface area contributed by atoms with E-state index in [1.807, 2.05) is 29.2 Å². The molecule has 3 N–H and O–H groups in total. The summed E-state index contributed by atoms with van der Waals surface area (Å²) in [6, 6.07) is 10.8. The Morgan fingerprint density at radius 1 is 1.18 bits per heavy atom. The van der Waals surface area contributed by atoms with Crippen LogP contribution in [-0.2, 0) is 6.54 Å². The van der Waals surface area contributed by atoms with Gasteiger partial charge in [0, 0.05) is 32.2 Å². The van der Waals surface area contributed by atoms with Gasteiger partial charge in [-0.05, 0) is 30.2 Å². The summed E-state index contributed by atoms with van der Waals surface area (Å²) in [4.78, 5) is 13.9. The second-order valence-electron chi connectivity index (χ2n) is 6.28. The van der Waals surface area contributed by atoms with Crippen LogP contribution in [0, 0.1) is 5.21 Å². The number of aromatic nitrogens is 1. The third-order valence-electron chi connectivity index (χ3n) is 4.05. The van der Waals surface area contributed by atoms with Crippen LogP contribution in [0.1, 0.15) is 22.3 Å². The second-order valence-corrected chi connectivity index (χ2v) is 6.28. The summed E-state index contributed by atoms with van der Waals surface area (Å²) < 4.78 is 6.32. The number of pyridine rings is 1. The fourth-order valence-corrected chi connectivity index (χ4v) is 2.70. The summed E-state index contributed by atoms with van der Waals surface area (Å²) >= 11 is 0. The van der Waals surface area contributed by atoms with Gasteiger partial charge in [0.1, 0.15) is 11.3 Å². The predicted molar refractivity (Wildman–Crippen MR) is 104 cm³/mol. The Morgan fingerprint density at radius 3 is 2.68 bits per heavy atom. The minimum absolute atomic E-state index is 0.0414. The summed E-state index contributed by atoms with van der Waals surface area (Å²) in [5, 5.41) is 32.1. The lowest BCUT2D eigenvalue weighted by molar-refractivity contribution is -0.605. The predicted octanol–water partition coefficient (Wildman–Crippen LogP) is 0.306. The normalized spacial score (nSPS) is 10.8. The number of hydrogen-bond acceptors (Lipinski definition) is 6. The van der Waals surface area contributed by atoms with Gasteiger partial charge in [-0.1, -0.05) is 12.1 Å². The van der Waals surface area contributed by atoms with Gasteiger partial charge in [-0.3, -0.25) is 9.69 Å². The summed E-state index contributed by atoms with van der Waals surface area (Å²) in [6.07, 6.45) is 3.18. The van der Waals surface area contributed by atoms with E-state index >= 15 is 0 Å². The molecule has 0 radical (unpaired) electrons. The first-order chi connectivity index (χ1) is 13.6. The quantitative estimate of drug-likeness (QED) is 0.274. The molecule has 0 aliphatic heterocycles. The van der Waals surface area contributed by atoms with E-state index in [0.29, 0.717) is 49.5 Å². The molecule has 0 aliphatic rings. The zero-order chi connectivity index (χ0) is 20.2. The molecule has 152 valence electrons. The number of carbonyl (C=O) groups is 1. The Balaban J connectivity index is 1.73. The lowest BCUT2D eigenvalue weighted by Gasteiger charge is -2.20. The van der Waals surface area contributed by atoms with Crippen LogP contribution in [0.15, 0.2) is 48.8 Å². The number of hydrogen-bond donors (Lipinski definition) is 3. The molecule has 0 fully saturated rings. The standard InChI is InChI=1S/C20H27N3O5/c24-11-9-22(10-12-25)15-17-4-1-6-19(14-17)28-13-3-7-21-20(26)18-5-2-8-23(27)16-18/h1-2,4-6,8,14,16,24-25H,3,7,9-13,15H2,(H,21,26). The number of rotatable bonds is 12. The van der Waals surface area contributed by atoms with Crippen LogP contribution in [-0.4, -0.2) is 60.5 Å². The van der Waals surface area contributed by atoms with Crippen LogP contribution >= 0.6 is 0 Å². The van der Waals surface area contributed by atoms with Crippen LogP contribution < -0.4 is 14.8 Å². The average molecular weight is 389 g/mol. The van der Waals surface area contributed by atoms with Crippen LogP contribution in [0.2, 0.25) is 0 Å². The van der Waals surface area contributed by atoms with Crippen LogP contribution in [0.25, 0.3) is 0 Å². The lowest BCUT2D eigenvalue weighted by atomic mass is 10.2. The van der Waals surface area contributed by atoms with Crippen molar-refractivity contribution < 1.29 is 24.5 Å². The van der Waals surface area contributed by atoms with E-state index in [1.54, 1.807) is 6.07 Å². The van der Waals surface area contributed by atoms with Gasteiger partial charge in [-0.2, -0.15) is 4.73 Å². The monoisotopic (exact) mass is 389 g/mol. The molecule has 0 bridgehead atoms. The van der Waals surface area contributed by atoms with E-state index in [0.717, 1.165) is 11.3 Å². The fourth-order valence-electron chi connectivity index (χ4n) is 2.70. The van der Waals surface area contributed by atoms with Gasteiger partial charge in [0.25, 0.3) is 5.91 Å².